The number of phosphoric acid groups is 3. The molecule has 102 valence electrons. The van der Waals surface area contributed by atoms with E-state index in [1.54, 1.807) is 0 Å². The van der Waals surface area contributed by atoms with Crippen molar-refractivity contribution in [1.82, 2.24) is 0 Å². The van der Waals surface area contributed by atoms with Crippen molar-refractivity contribution >= 4 is 29.6 Å². The standard InChI is InChI=1S/CH6NO12P3/c2-1(11-15(3,4)5)12-17(9,10)14-13-16(6,7)8/h2H,(H,9,10)(H2,3,4,5)(H2,6,7,8). The van der Waals surface area contributed by atoms with Crippen molar-refractivity contribution in [3.8, 4) is 0 Å². The number of rotatable bonds is 5. The molecule has 0 fully saturated rings. The van der Waals surface area contributed by atoms with Gasteiger partial charge in [-0.25, -0.2) is 19.1 Å². The maximum absolute atomic E-state index is 10.7. The first-order valence-electron chi connectivity index (χ1n) is 3.10. The fourth-order valence-corrected chi connectivity index (χ4v) is 1.60. The zero-order valence-electron chi connectivity index (χ0n) is 7.44. The smallest absolute Gasteiger partial charge is 0.355 e. The van der Waals surface area contributed by atoms with Crippen LogP contribution in [0.3, 0.4) is 0 Å². The van der Waals surface area contributed by atoms with E-state index in [9.17, 15) is 13.7 Å². The fourth-order valence-electron chi connectivity index (χ4n) is 0.330. The van der Waals surface area contributed by atoms with Crippen LogP contribution in [0.2, 0.25) is 0 Å². The van der Waals surface area contributed by atoms with Gasteiger partial charge in [-0.2, -0.15) is 0 Å². The van der Waals surface area contributed by atoms with Crippen LogP contribution < -0.4 is 0 Å². The van der Waals surface area contributed by atoms with E-state index in [0.717, 1.165) is 0 Å². The first-order valence-corrected chi connectivity index (χ1v) is 7.66. The van der Waals surface area contributed by atoms with Gasteiger partial charge in [-0.05, 0) is 0 Å². The van der Waals surface area contributed by atoms with Gasteiger partial charge in [0.1, 0.15) is 0 Å². The Kier molecular flexibility index (Phi) is 5.44. The highest BCUT2D eigenvalue weighted by molar-refractivity contribution is 7.50. The molecule has 0 spiro atoms. The predicted octanol–water partition coefficient (Wildman–Crippen LogP) is -0.812. The summed E-state index contributed by atoms with van der Waals surface area (Å²) in [5.41, 5.74) is 0. The summed E-state index contributed by atoms with van der Waals surface area (Å²) >= 11 is 0. The van der Waals surface area contributed by atoms with Crippen molar-refractivity contribution in [2.45, 2.75) is 0 Å². The maximum Gasteiger partial charge on any atom is 0.559 e. The molecule has 0 radical (unpaired) electrons. The molecule has 0 saturated heterocycles. The Bertz CT molecular complexity index is 413. The van der Waals surface area contributed by atoms with Crippen LogP contribution in [0, 0.1) is 5.41 Å². The molecule has 6 N–H and O–H groups in total. The molecule has 1 atom stereocenters. The van der Waals surface area contributed by atoms with E-state index in [1.165, 1.54) is 0 Å². The summed E-state index contributed by atoms with van der Waals surface area (Å²) in [5.74, 6) is 0. The molecule has 0 aliphatic heterocycles. The van der Waals surface area contributed by atoms with Crippen LogP contribution in [0.15, 0.2) is 0 Å². The van der Waals surface area contributed by atoms with E-state index >= 15 is 0 Å². The molecule has 1 unspecified atom stereocenters. The molecule has 0 heterocycles. The second-order valence-corrected chi connectivity index (χ2v) is 5.63. The van der Waals surface area contributed by atoms with Gasteiger partial charge in [-0.3, -0.25) is 14.7 Å². The molecule has 0 bridgehead atoms. The molecule has 0 aromatic carbocycles. The second kappa shape index (κ2) is 5.55. The first kappa shape index (κ1) is 16.7. The molecule has 0 rings (SSSR count). The SMILES string of the molecule is N=C(OP(=O)(O)O)OP(=O)(O)OOP(=O)(O)O. The summed E-state index contributed by atoms with van der Waals surface area (Å²) in [6, 6.07) is 0. The lowest BCUT2D eigenvalue weighted by Crippen LogP contribution is -2.06. The molecule has 0 aliphatic carbocycles. The van der Waals surface area contributed by atoms with Crippen LogP contribution in [-0.4, -0.2) is 30.6 Å². The highest BCUT2D eigenvalue weighted by Crippen LogP contribution is 2.50. The first-order chi connectivity index (χ1) is 7.31. The van der Waals surface area contributed by atoms with Crippen LogP contribution in [-0.2, 0) is 32.1 Å². The number of hydrogen-bond donors (Lipinski definition) is 6. The third-order valence-electron chi connectivity index (χ3n) is 0.625. The third kappa shape index (κ3) is 10.5. The molecule has 0 aromatic rings. The zero-order valence-corrected chi connectivity index (χ0v) is 10.1. The normalized spacial score (nSPS) is 16.1. The summed E-state index contributed by atoms with van der Waals surface area (Å²) in [6.45, 7) is 0. The number of phosphoric ester groups is 2. The van der Waals surface area contributed by atoms with Crippen molar-refractivity contribution in [3.05, 3.63) is 0 Å². The lowest BCUT2D eigenvalue weighted by Gasteiger charge is -2.12. The second-order valence-electron chi connectivity index (χ2n) is 2.07. The molecule has 0 aliphatic rings. The van der Waals surface area contributed by atoms with Crippen molar-refractivity contribution in [2.24, 2.45) is 0 Å². The van der Waals surface area contributed by atoms with Gasteiger partial charge in [0.2, 0.25) is 0 Å². The van der Waals surface area contributed by atoms with Gasteiger partial charge in [-0.1, -0.05) is 0 Å². The summed E-state index contributed by atoms with van der Waals surface area (Å²) in [6.07, 6.45) is -1.82. The van der Waals surface area contributed by atoms with Crippen molar-refractivity contribution < 1.29 is 56.6 Å². The van der Waals surface area contributed by atoms with Crippen LogP contribution in [0.5, 0.6) is 0 Å². The Morgan fingerprint density at radius 3 is 1.65 bits per heavy atom. The van der Waals surface area contributed by atoms with Crippen molar-refractivity contribution in [1.29, 1.82) is 5.41 Å². The van der Waals surface area contributed by atoms with E-state index in [2.05, 4.69) is 18.4 Å². The summed E-state index contributed by atoms with van der Waals surface area (Å²) in [5, 5.41) is 6.54. The quantitative estimate of drug-likeness (QED) is 0.121. The third-order valence-corrected chi connectivity index (χ3v) is 2.07. The van der Waals surface area contributed by atoms with Crippen molar-refractivity contribution in [2.75, 3.05) is 0 Å². The Balaban J connectivity index is 4.36. The van der Waals surface area contributed by atoms with Gasteiger partial charge < -0.3 is 18.8 Å². The number of hydrogen-bond acceptors (Lipinski definition) is 8. The summed E-state index contributed by atoms with van der Waals surface area (Å²) < 4.78 is 44.1. The molecule has 0 saturated carbocycles. The molecule has 0 aromatic heterocycles. The fraction of sp³-hybridized carbons (Fsp3) is 0. The summed E-state index contributed by atoms with van der Waals surface area (Å²) in [7, 11) is -15.8. The predicted molar refractivity (Wildman–Crippen MR) is 46.0 cm³/mol. The minimum absolute atomic E-state index is 1.82. The molecule has 13 nitrogen and oxygen atoms in total. The van der Waals surface area contributed by atoms with Crippen LogP contribution in [0.1, 0.15) is 0 Å². The lowest BCUT2D eigenvalue weighted by atomic mass is 11.4. The summed E-state index contributed by atoms with van der Waals surface area (Å²) in [4.78, 5) is 41.0. The molecule has 0 amide bonds. The molecular weight excluding hydrogens is 311 g/mol. The van der Waals surface area contributed by atoms with Gasteiger partial charge in [0.05, 0.1) is 0 Å². The highest BCUT2D eigenvalue weighted by atomic mass is 31.2. The Morgan fingerprint density at radius 1 is 0.824 bits per heavy atom. The van der Waals surface area contributed by atoms with E-state index < -0.39 is 29.6 Å². The van der Waals surface area contributed by atoms with Crippen molar-refractivity contribution in [3.63, 3.8) is 0 Å². The Hall–Kier alpha value is -0.320. The lowest BCUT2D eigenvalue weighted by molar-refractivity contribution is -0.142. The van der Waals surface area contributed by atoms with E-state index in [0.29, 0.717) is 0 Å². The monoisotopic (exact) mass is 317 g/mol. The Labute approximate surface area is 92.4 Å². The van der Waals surface area contributed by atoms with Gasteiger partial charge in [0, 0.05) is 0 Å². The minimum atomic E-state index is -5.34. The topological polar surface area (TPSA) is 213 Å². The molecule has 16 heteroatoms. The Morgan fingerprint density at radius 2 is 1.29 bits per heavy atom. The zero-order chi connectivity index (χ0) is 13.9. The minimum Gasteiger partial charge on any atom is -0.355 e. The maximum atomic E-state index is 10.7. The largest absolute Gasteiger partial charge is 0.559 e. The average Bonchev–Trinajstić information content (AvgIpc) is 1.94. The van der Waals surface area contributed by atoms with Crippen LogP contribution >= 0.6 is 23.5 Å². The van der Waals surface area contributed by atoms with E-state index in [-0.39, 0.29) is 0 Å². The van der Waals surface area contributed by atoms with Gasteiger partial charge in [0.25, 0.3) is 0 Å². The highest BCUT2D eigenvalue weighted by Gasteiger charge is 2.33. The number of nitrogens with one attached hydrogen (secondary N) is 1. The average molecular weight is 317 g/mol. The van der Waals surface area contributed by atoms with E-state index in [4.69, 9.17) is 29.9 Å². The van der Waals surface area contributed by atoms with Gasteiger partial charge >= 0.3 is 29.6 Å². The molecule has 17 heavy (non-hydrogen) atoms. The van der Waals surface area contributed by atoms with E-state index in [1.807, 2.05) is 0 Å². The van der Waals surface area contributed by atoms with Gasteiger partial charge in [-0.15, -0.1) is 9.35 Å². The van der Waals surface area contributed by atoms with Crippen LogP contribution in [0.4, 0.5) is 0 Å². The van der Waals surface area contributed by atoms with Gasteiger partial charge in [0.15, 0.2) is 0 Å². The van der Waals surface area contributed by atoms with Crippen LogP contribution in [0.25, 0.3) is 0 Å². The molecular formula is CH6NO12P3.